The van der Waals surface area contributed by atoms with Crippen molar-refractivity contribution in [2.45, 2.75) is 30.2 Å². The van der Waals surface area contributed by atoms with E-state index in [2.05, 4.69) is 61.6 Å². The van der Waals surface area contributed by atoms with Crippen LogP contribution in [-0.2, 0) is 11.3 Å². The first kappa shape index (κ1) is 16.1. The third kappa shape index (κ3) is 4.88. The van der Waals surface area contributed by atoms with Gasteiger partial charge in [-0.25, -0.2) is 0 Å². The minimum Gasteiger partial charge on any atom is -0.383 e. The van der Waals surface area contributed by atoms with E-state index >= 15 is 0 Å². The molecule has 0 saturated heterocycles. The summed E-state index contributed by atoms with van der Waals surface area (Å²) in [6.07, 6.45) is 0. The monoisotopic (exact) mass is 301 g/mol. The number of rotatable bonds is 7. The molecule has 2 nitrogen and oxygen atoms in total. The highest BCUT2D eigenvalue weighted by Gasteiger charge is 2.06. The summed E-state index contributed by atoms with van der Waals surface area (Å²) < 4.78 is 5.06. The van der Waals surface area contributed by atoms with Gasteiger partial charge in [-0.1, -0.05) is 47.7 Å². The summed E-state index contributed by atoms with van der Waals surface area (Å²) in [5.74, 6) is 0. The summed E-state index contributed by atoms with van der Waals surface area (Å²) in [6.45, 7) is 6.80. The summed E-state index contributed by atoms with van der Waals surface area (Å²) in [7, 11) is 1.73. The first-order valence-electron chi connectivity index (χ1n) is 7.23. The van der Waals surface area contributed by atoms with Gasteiger partial charge in [0.25, 0.3) is 0 Å². The second-order valence-electron chi connectivity index (χ2n) is 5.15. The maximum atomic E-state index is 5.06. The van der Waals surface area contributed by atoms with Crippen LogP contribution >= 0.6 is 11.8 Å². The maximum absolute atomic E-state index is 5.06. The fraction of sp³-hybridized carbons (Fsp3) is 0.333. The normalized spacial score (nSPS) is 10.8. The molecule has 0 aliphatic heterocycles. The molecule has 0 atom stereocenters. The summed E-state index contributed by atoms with van der Waals surface area (Å²) in [5, 5.41) is 3.41. The zero-order chi connectivity index (χ0) is 15.1. The average Bonchev–Trinajstić information content (AvgIpc) is 2.48. The fourth-order valence-electron chi connectivity index (χ4n) is 2.18. The highest BCUT2D eigenvalue weighted by Crippen LogP contribution is 2.32. The molecule has 2 aromatic rings. The minimum absolute atomic E-state index is 0.742. The molecule has 0 heterocycles. The standard InChI is InChI=1S/C18H23NOS/c1-14-8-9-17(15(2)12-14)21-18-7-5-4-6-16(18)13-19-10-11-20-3/h4-9,12,19H,10-11,13H2,1-3H3. The van der Waals surface area contributed by atoms with Gasteiger partial charge in [-0.05, 0) is 37.1 Å². The van der Waals surface area contributed by atoms with Crippen molar-refractivity contribution in [3.63, 3.8) is 0 Å². The van der Waals surface area contributed by atoms with E-state index < -0.39 is 0 Å². The highest BCUT2D eigenvalue weighted by molar-refractivity contribution is 7.99. The zero-order valence-electron chi connectivity index (χ0n) is 13.0. The molecule has 0 amide bonds. The van der Waals surface area contributed by atoms with Gasteiger partial charge in [-0.3, -0.25) is 0 Å². The lowest BCUT2D eigenvalue weighted by molar-refractivity contribution is 0.199. The molecule has 0 saturated carbocycles. The molecule has 0 spiro atoms. The molecule has 0 unspecified atom stereocenters. The second kappa shape index (κ2) is 8.23. The first-order chi connectivity index (χ1) is 10.2. The largest absolute Gasteiger partial charge is 0.383 e. The quantitative estimate of drug-likeness (QED) is 0.775. The minimum atomic E-state index is 0.742. The topological polar surface area (TPSA) is 21.3 Å². The van der Waals surface area contributed by atoms with Crippen LogP contribution in [-0.4, -0.2) is 20.3 Å². The van der Waals surface area contributed by atoms with Crippen molar-refractivity contribution in [3.8, 4) is 0 Å². The molecule has 0 radical (unpaired) electrons. The van der Waals surface area contributed by atoms with Gasteiger partial charge >= 0.3 is 0 Å². The predicted molar refractivity (Wildman–Crippen MR) is 90.1 cm³/mol. The predicted octanol–water partition coefficient (Wildman–Crippen LogP) is 4.19. The molecule has 1 N–H and O–H groups in total. The van der Waals surface area contributed by atoms with Crippen molar-refractivity contribution in [1.82, 2.24) is 5.32 Å². The molecule has 0 aliphatic carbocycles. The first-order valence-corrected chi connectivity index (χ1v) is 8.05. The van der Waals surface area contributed by atoms with Crippen molar-refractivity contribution in [1.29, 1.82) is 0 Å². The molecule has 0 aromatic heterocycles. The Morgan fingerprint density at radius 1 is 1.05 bits per heavy atom. The Hall–Kier alpha value is -1.29. The summed E-state index contributed by atoms with van der Waals surface area (Å²) in [5.41, 5.74) is 3.98. The molecular formula is C18H23NOS. The van der Waals surface area contributed by atoms with Gasteiger partial charge in [0, 0.05) is 30.0 Å². The van der Waals surface area contributed by atoms with Crippen molar-refractivity contribution in [2.75, 3.05) is 20.3 Å². The van der Waals surface area contributed by atoms with Crippen LogP contribution in [0.2, 0.25) is 0 Å². The van der Waals surface area contributed by atoms with Gasteiger partial charge in [0.05, 0.1) is 6.61 Å². The van der Waals surface area contributed by atoms with E-state index in [0.29, 0.717) is 0 Å². The van der Waals surface area contributed by atoms with Crippen LogP contribution < -0.4 is 5.32 Å². The lowest BCUT2D eigenvalue weighted by Gasteiger charge is -2.12. The third-order valence-electron chi connectivity index (χ3n) is 3.32. The number of ether oxygens (including phenoxy) is 1. The average molecular weight is 301 g/mol. The van der Waals surface area contributed by atoms with Crippen LogP contribution in [0.15, 0.2) is 52.3 Å². The fourth-order valence-corrected chi connectivity index (χ4v) is 3.19. The van der Waals surface area contributed by atoms with Crippen molar-refractivity contribution >= 4 is 11.8 Å². The van der Waals surface area contributed by atoms with E-state index in [4.69, 9.17) is 4.74 Å². The van der Waals surface area contributed by atoms with Crippen LogP contribution in [0, 0.1) is 13.8 Å². The Bertz CT molecular complexity index is 583. The van der Waals surface area contributed by atoms with E-state index in [1.807, 2.05) is 11.8 Å². The molecular weight excluding hydrogens is 278 g/mol. The summed E-state index contributed by atoms with van der Waals surface area (Å²) in [6, 6.07) is 15.2. The Morgan fingerprint density at radius 3 is 2.62 bits per heavy atom. The molecule has 112 valence electrons. The van der Waals surface area contributed by atoms with Gasteiger partial charge in [0.15, 0.2) is 0 Å². The Balaban J connectivity index is 2.08. The maximum Gasteiger partial charge on any atom is 0.0587 e. The van der Waals surface area contributed by atoms with Crippen molar-refractivity contribution in [2.24, 2.45) is 0 Å². The van der Waals surface area contributed by atoms with Crippen LogP contribution in [0.1, 0.15) is 16.7 Å². The van der Waals surface area contributed by atoms with Gasteiger partial charge in [0.2, 0.25) is 0 Å². The lowest BCUT2D eigenvalue weighted by atomic mass is 10.2. The van der Waals surface area contributed by atoms with Crippen LogP contribution in [0.25, 0.3) is 0 Å². The van der Waals surface area contributed by atoms with Gasteiger partial charge < -0.3 is 10.1 Å². The Morgan fingerprint density at radius 2 is 1.86 bits per heavy atom. The molecule has 0 bridgehead atoms. The van der Waals surface area contributed by atoms with Crippen molar-refractivity contribution in [3.05, 3.63) is 59.2 Å². The van der Waals surface area contributed by atoms with Crippen molar-refractivity contribution < 1.29 is 4.74 Å². The SMILES string of the molecule is COCCNCc1ccccc1Sc1ccc(C)cc1C. The number of hydrogen-bond donors (Lipinski definition) is 1. The lowest BCUT2D eigenvalue weighted by Crippen LogP contribution is -2.18. The molecule has 21 heavy (non-hydrogen) atoms. The van der Waals surface area contributed by atoms with Gasteiger partial charge in [-0.15, -0.1) is 0 Å². The van der Waals surface area contributed by atoms with Gasteiger partial charge in [0.1, 0.15) is 0 Å². The van der Waals surface area contributed by atoms with E-state index in [1.54, 1.807) is 7.11 Å². The number of methoxy groups -OCH3 is 1. The summed E-state index contributed by atoms with van der Waals surface area (Å²) in [4.78, 5) is 2.64. The van der Waals surface area contributed by atoms with E-state index in [0.717, 1.165) is 19.7 Å². The number of benzene rings is 2. The molecule has 2 aromatic carbocycles. The number of nitrogens with one attached hydrogen (secondary N) is 1. The summed E-state index contributed by atoms with van der Waals surface area (Å²) >= 11 is 1.84. The third-order valence-corrected chi connectivity index (χ3v) is 4.62. The van der Waals surface area contributed by atoms with E-state index in [1.165, 1.54) is 26.5 Å². The zero-order valence-corrected chi connectivity index (χ0v) is 13.8. The number of hydrogen-bond acceptors (Lipinski definition) is 3. The Labute approximate surface area is 131 Å². The molecule has 3 heteroatoms. The Kier molecular flexibility index (Phi) is 6.30. The molecule has 2 rings (SSSR count). The van der Waals surface area contributed by atoms with E-state index in [-0.39, 0.29) is 0 Å². The molecule has 0 aliphatic rings. The van der Waals surface area contributed by atoms with Crippen LogP contribution in [0.5, 0.6) is 0 Å². The van der Waals surface area contributed by atoms with Crippen LogP contribution in [0.3, 0.4) is 0 Å². The van der Waals surface area contributed by atoms with E-state index in [9.17, 15) is 0 Å². The van der Waals surface area contributed by atoms with Crippen LogP contribution in [0.4, 0.5) is 0 Å². The highest BCUT2D eigenvalue weighted by atomic mass is 32.2. The van der Waals surface area contributed by atoms with Gasteiger partial charge in [-0.2, -0.15) is 0 Å². The molecule has 0 fully saturated rings. The number of aryl methyl sites for hydroxylation is 2. The smallest absolute Gasteiger partial charge is 0.0587 e. The second-order valence-corrected chi connectivity index (χ2v) is 6.23.